The second kappa shape index (κ2) is 4.07. The molecule has 1 aliphatic carbocycles. The van der Waals surface area contributed by atoms with Gasteiger partial charge in [-0.05, 0) is 25.3 Å². The van der Waals surface area contributed by atoms with Crippen molar-refractivity contribution in [3.63, 3.8) is 0 Å². The third-order valence-corrected chi connectivity index (χ3v) is 1.73. The highest BCUT2D eigenvalue weighted by Gasteiger charge is 2.16. The molecule has 3 nitrogen and oxygen atoms in total. The largest absolute Gasteiger partial charge is 0.429 e. The van der Waals surface area contributed by atoms with E-state index in [4.69, 9.17) is 5.11 Å². The third-order valence-electron chi connectivity index (χ3n) is 1.73. The molecule has 0 aliphatic heterocycles. The highest BCUT2D eigenvalue weighted by atomic mass is 16.6. The molecule has 1 atom stereocenters. The summed E-state index contributed by atoms with van der Waals surface area (Å²) in [5.74, 6) is -0.431. The number of carbonyl (C=O) groups excluding carboxylic acids is 1. The van der Waals surface area contributed by atoms with Crippen LogP contribution in [0.3, 0.4) is 0 Å². The summed E-state index contributed by atoms with van der Waals surface area (Å²) in [6.07, 6.45) is 4.51. The van der Waals surface area contributed by atoms with Crippen LogP contribution in [-0.2, 0) is 9.53 Å². The van der Waals surface area contributed by atoms with Gasteiger partial charge < -0.3 is 9.84 Å². The molecule has 1 N–H and O–H groups in total. The molecule has 0 fully saturated rings. The van der Waals surface area contributed by atoms with E-state index in [0.29, 0.717) is 5.57 Å². The summed E-state index contributed by atoms with van der Waals surface area (Å²) in [5, 5.41) is 8.90. The Bertz CT molecular complexity index is 218. The highest BCUT2D eigenvalue weighted by Crippen LogP contribution is 2.18. The number of aliphatic hydroxyl groups is 1. The SMILES string of the molecule is C=CC(O)OC(=O)C1=CCCC1. The quantitative estimate of drug-likeness (QED) is 0.390. The standard InChI is InChI=1S/C9H12O3/c1-2-8(10)12-9(11)7-5-3-4-6-7/h2,5,8,10H,1,3-4,6H2. The van der Waals surface area contributed by atoms with Crippen molar-refractivity contribution in [1.82, 2.24) is 0 Å². The fraction of sp³-hybridized carbons (Fsp3) is 0.444. The summed E-state index contributed by atoms with van der Waals surface area (Å²) in [6.45, 7) is 3.29. The molecule has 0 heterocycles. The summed E-state index contributed by atoms with van der Waals surface area (Å²) in [4.78, 5) is 11.1. The van der Waals surface area contributed by atoms with Gasteiger partial charge in [-0.25, -0.2) is 4.79 Å². The number of rotatable bonds is 3. The minimum atomic E-state index is -1.18. The summed E-state index contributed by atoms with van der Waals surface area (Å²) in [6, 6.07) is 0. The van der Waals surface area contributed by atoms with Crippen molar-refractivity contribution in [3.8, 4) is 0 Å². The van der Waals surface area contributed by atoms with Gasteiger partial charge in [0.1, 0.15) is 0 Å². The molecule has 1 rings (SSSR count). The lowest BCUT2D eigenvalue weighted by atomic mass is 10.2. The summed E-state index contributed by atoms with van der Waals surface area (Å²) in [7, 11) is 0. The van der Waals surface area contributed by atoms with E-state index in [1.165, 1.54) is 6.08 Å². The van der Waals surface area contributed by atoms with Gasteiger partial charge in [0.15, 0.2) is 0 Å². The van der Waals surface area contributed by atoms with E-state index in [1.54, 1.807) is 0 Å². The molecule has 12 heavy (non-hydrogen) atoms. The number of hydrogen-bond donors (Lipinski definition) is 1. The van der Waals surface area contributed by atoms with Crippen molar-refractivity contribution in [1.29, 1.82) is 0 Å². The van der Waals surface area contributed by atoms with Crippen LogP contribution in [-0.4, -0.2) is 17.4 Å². The molecule has 1 aliphatic rings. The van der Waals surface area contributed by atoms with Gasteiger partial charge in [-0.3, -0.25) is 0 Å². The van der Waals surface area contributed by atoms with Gasteiger partial charge in [-0.15, -0.1) is 0 Å². The van der Waals surface area contributed by atoms with E-state index in [1.807, 2.05) is 6.08 Å². The average Bonchev–Trinajstić information content (AvgIpc) is 2.56. The summed E-state index contributed by atoms with van der Waals surface area (Å²) >= 11 is 0. The predicted molar refractivity (Wildman–Crippen MR) is 44.2 cm³/mol. The normalized spacial score (nSPS) is 18.2. The minimum absolute atomic E-state index is 0.431. The fourth-order valence-corrected chi connectivity index (χ4v) is 1.09. The van der Waals surface area contributed by atoms with Crippen molar-refractivity contribution >= 4 is 5.97 Å². The van der Waals surface area contributed by atoms with Gasteiger partial charge in [0.25, 0.3) is 0 Å². The number of aliphatic hydroxyl groups excluding tert-OH is 1. The maximum absolute atomic E-state index is 11.1. The highest BCUT2D eigenvalue weighted by molar-refractivity contribution is 5.88. The Kier molecular flexibility index (Phi) is 3.05. The van der Waals surface area contributed by atoms with Crippen LogP contribution in [0, 0.1) is 0 Å². The first kappa shape index (κ1) is 9.00. The molecule has 66 valence electrons. The molecule has 3 heteroatoms. The van der Waals surface area contributed by atoms with Crippen LogP contribution in [0.2, 0.25) is 0 Å². The molecule has 0 aromatic rings. The Morgan fingerprint density at radius 2 is 2.58 bits per heavy atom. The Balaban J connectivity index is 2.42. The second-order valence-corrected chi connectivity index (χ2v) is 2.65. The van der Waals surface area contributed by atoms with E-state index in [-0.39, 0.29) is 0 Å². The number of hydrogen-bond acceptors (Lipinski definition) is 3. The Morgan fingerprint density at radius 3 is 3.08 bits per heavy atom. The molecular formula is C9H12O3. The minimum Gasteiger partial charge on any atom is -0.429 e. The first-order chi connectivity index (χ1) is 5.74. The molecule has 0 bridgehead atoms. The smallest absolute Gasteiger partial charge is 0.336 e. The number of allylic oxidation sites excluding steroid dienone is 1. The first-order valence-corrected chi connectivity index (χ1v) is 3.94. The zero-order chi connectivity index (χ0) is 8.97. The molecule has 0 aromatic heterocycles. The van der Waals surface area contributed by atoms with Crippen LogP contribution in [0.5, 0.6) is 0 Å². The monoisotopic (exact) mass is 168 g/mol. The van der Waals surface area contributed by atoms with Crippen LogP contribution < -0.4 is 0 Å². The third kappa shape index (κ3) is 2.20. The van der Waals surface area contributed by atoms with E-state index in [2.05, 4.69) is 11.3 Å². The van der Waals surface area contributed by atoms with Crippen LogP contribution in [0.15, 0.2) is 24.3 Å². The second-order valence-electron chi connectivity index (χ2n) is 2.65. The van der Waals surface area contributed by atoms with Gasteiger partial charge in [-0.1, -0.05) is 12.7 Å². The predicted octanol–water partition coefficient (Wildman–Crippen LogP) is 1.14. The molecule has 1 unspecified atom stereocenters. The van der Waals surface area contributed by atoms with E-state index >= 15 is 0 Å². The summed E-state index contributed by atoms with van der Waals surface area (Å²) < 4.78 is 4.61. The van der Waals surface area contributed by atoms with E-state index in [0.717, 1.165) is 19.3 Å². The summed E-state index contributed by atoms with van der Waals surface area (Å²) in [5.41, 5.74) is 0.663. The maximum Gasteiger partial charge on any atom is 0.336 e. The van der Waals surface area contributed by atoms with Gasteiger partial charge in [0.05, 0.1) is 0 Å². The van der Waals surface area contributed by atoms with Crippen molar-refractivity contribution in [2.75, 3.05) is 0 Å². The average molecular weight is 168 g/mol. The molecule has 0 saturated carbocycles. The Labute approximate surface area is 71.3 Å². The Hall–Kier alpha value is -1.09. The molecule has 0 radical (unpaired) electrons. The number of esters is 1. The number of ether oxygens (including phenoxy) is 1. The first-order valence-electron chi connectivity index (χ1n) is 3.94. The van der Waals surface area contributed by atoms with E-state index < -0.39 is 12.3 Å². The van der Waals surface area contributed by atoms with Gasteiger partial charge in [0, 0.05) is 5.57 Å². The topological polar surface area (TPSA) is 46.5 Å². The maximum atomic E-state index is 11.1. The zero-order valence-electron chi connectivity index (χ0n) is 6.82. The zero-order valence-corrected chi connectivity index (χ0v) is 6.82. The van der Waals surface area contributed by atoms with Crippen molar-refractivity contribution < 1.29 is 14.6 Å². The van der Waals surface area contributed by atoms with Crippen molar-refractivity contribution in [2.45, 2.75) is 25.6 Å². The van der Waals surface area contributed by atoms with Crippen molar-refractivity contribution in [2.24, 2.45) is 0 Å². The fourth-order valence-electron chi connectivity index (χ4n) is 1.09. The van der Waals surface area contributed by atoms with Gasteiger partial charge in [0.2, 0.25) is 6.29 Å². The molecule has 0 amide bonds. The number of carbonyl (C=O) groups is 1. The lowest BCUT2D eigenvalue weighted by Gasteiger charge is -2.07. The lowest BCUT2D eigenvalue weighted by molar-refractivity contribution is -0.155. The lowest BCUT2D eigenvalue weighted by Crippen LogP contribution is -2.15. The van der Waals surface area contributed by atoms with Crippen LogP contribution >= 0.6 is 0 Å². The van der Waals surface area contributed by atoms with Crippen LogP contribution in [0.1, 0.15) is 19.3 Å². The van der Waals surface area contributed by atoms with E-state index in [9.17, 15) is 4.79 Å². The molecular weight excluding hydrogens is 156 g/mol. The van der Waals surface area contributed by atoms with Crippen LogP contribution in [0.4, 0.5) is 0 Å². The van der Waals surface area contributed by atoms with Gasteiger partial charge >= 0.3 is 5.97 Å². The van der Waals surface area contributed by atoms with Crippen LogP contribution in [0.25, 0.3) is 0 Å². The van der Waals surface area contributed by atoms with Crippen molar-refractivity contribution in [3.05, 3.63) is 24.3 Å². The molecule has 0 saturated heterocycles. The van der Waals surface area contributed by atoms with Gasteiger partial charge in [-0.2, -0.15) is 0 Å². The molecule has 0 spiro atoms. The Morgan fingerprint density at radius 1 is 1.83 bits per heavy atom. The molecule has 0 aromatic carbocycles.